The molecule has 1 unspecified atom stereocenters. The van der Waals surface area contributed by atoms with Crippen LogP contribution in [0.15, 0.2) is 42.5 Å². The average Bonchev–Trinajstić information content (AvgIpc) is 3.33. The van der Waals surface area contributed by atoms with E-state index in [1.165, 1.54) is 17.3 Å². The van der Waals surface area contributed by atoms with E-state index >= 15 is 0 Å². The van der Waals surface area contributed by atoms with E-state index in [-0.39, 0.29) is 11.2 Å². The van der Waals surface area contributed by atoms with Crippen molar-refractivity contribution < 1.29 is 29.5 Å². The van der Waals surface area contributed by atoms with Crippen molar-refractivity contribution >= 4 is 23.4 Å². The number of hydrogen-bond acceptors (Lipinski definition) is 7. The van der Waals surface area contributed by atoms with Crippen LogP contribution in [0.25, 0.3) is 0 Å². The summed E-state index contributed by atoms with van der Waals surface area (Å²) in [5.41, 5.74) is 3.83. The third-order valence-corrected chi connectivity index (χ3v) is 10.0. The minimum absolute atomic E-state index is 0.245. The molecular formula is C28H33ClO6S. The zero-order valence-corrected chi connectivity index (χ0v) is 21.9. The Balaban J connectivity index is 1.17. The molecule has 3 saturated carbocycles. The topological polar surface area (TPSA) is 88.4 Å². The molecule has 2 aromatic carbocycles. The van der Waals surface area contributed by atoms with Crippen LogP contribution in [0.5, 0.6) is 0 Å². The molecule has 5 atom stereocenters. The van der Waals surface area contributed by atoms with Crippen LogP contribution in [-0.2, 0) is 26.0 Å². The number of halogens is 1. The predicted octanol–water partition coefficient (Wildman–Crippen LogP) is 3.96. The summed E-state index contributed by atoms with van der Waals surface area (Å²) in [5, 5.41) is 31.7. The van der Waals surface area contributed by atoms with E-state index in [9.17, 15) is 15.3 Å². The normalized spacial score (nSPS) is 37.1. The Bertz CT molecular complexity index is 1090. The molecule has 8 heteroatoms. The lowest BCUT2D eigenvalue weighted by Gasteiger charge is -2.59. The number of rotatable bonds is 5. The van der Waals surface area contributed by atoms with Gasteiger partial charge in [0.15, 0.2) is 5.79 Å². The Labute approximate surface area is 220 Å². The Kier molecular flexibility index (Phi) is 6.66. The van der Waals surface area contributed by atoms with Crippen LogP contribution in [0.3, 0.4) is 0 Å². The summed E-state index contributed by atoms with van der Waals surface area (Å²) in [6, 6.07) is 14.4. The highest BCUT2D eigenvalue weighted by molar-refractivity contribution is 7.99. The summed E-state index contributed by atoms with van der Waals surface area (Å²) in [4.78, 5) is 0. The lowest BCUT2D eigenvalue weighted by atomic mass is 9.49. The predicted molar refractivity (Wildman–Crippen MR) is 138 cm³/mol. The lowest BCUT2D eigenvalue weighted by molar-refractivity contribution is -0.258. The second-order valence-corrected chi connectivity index (χ2v) is 12.1. The van der Waals surface area contributed by atoms with Gasteiger partial charge in [0.2, 0.25) is 0 Å². The molecule has 36 heavy (non-hydrogen) atoms. The first kappa shape index (κ1) is 25.1. The highest BCUT2D eigenvalue weighted by Crippen LogP contribution is 2.62. The van der Waals surface area contributed by atoms with Gasteiger partial charge in [-0.05, 0) is 65.7 Å². The van der Waals surface area contributed by atoms with Gasteiger partial charge in [-0.15, -0.1) is 11.8 Å². The van der Waals surface area contributed by atoms with Crippen molar-refractivity contribution in [3.63, 3.8) is 0 Å². The van der Waals surface area contributed by atoms with Gasteiger partial charge >= 0.3 is 0 Å². The minimum Gasteiger partial charge on any atom is -0.387 e. The molecule has 1 spiro atoms. The Morgan fingerprint density at radius 3 is 2.31 bits per heavy atom. The van der Waals surface area contributed by atoms with Gasteiger partial charge in [0.1, 0.15) is 29.9 Å². The molecule has 5 fully saturated rings. The SMILES string of the molecule is CS[C@H]1OC(c2ccc(Cl)c(Cc3ccc(C45CCC6(OCCO6)C(C4)C5)cc3)c2)[C@H](O)[C@@H](O)[C@@H]1O. The third-order valence-electron chi connectivity index (χ3n) is 8.79. The van der Waals surface area contributed by atoms with Gasteiger partial charge in [-0.25, -0.2) is 0 Å². The fourth-order valence-electron chi connectivity index (χ4n) is 6.67. The largest absolute Gasteiger partial charge is 0.387 e. The molecule has 7 rings (SSSR count). The Morgan fingerprint density at radius 2 is 1.67 bits per heavy atom. The van der Waals surface area contributed by atoms with E-state index in [1.54, 1.807) is 12.3 Å². The average molecular weight is 533 g/mol. The number of hydrogen-bond donors (Lipinski definition) is 3. The smallest absolute Gasteiger partial charge is 0.171 e. The Hall–Kier alpha value is -1.16. The van der Waals surface area contributed by atoms with E-state index < -0.39 is 29.9 Å². The molecule has 0 aromatic heterocycles. The van der Waals surface area contributed by atoms with Crippen LogP contribution in [0.2, 0.25) is 5.02 Å². The Morgan fingerprint density at radius 1 is 0.944 bits per heavy atom. The summed E-state index contributed by atoms with van der Waals surface area (Å²) in [7, 11) is 0. The van der Waals surface area contributed by atoms with Crippen LogP contribution >= 0.6 is 23.4 Å². The van der Waals surface area contributed by atoms with Crippen LogP contribution in [0.4, 0.5) is 0 Å². The molecule has 2 aromatic rings. The minimum atomic E-state index is -1.28. The second kappa shape index (κ2) is 9.54. The second-order valence-electron chi connectivity index (χ2n) is 10.8. The maximum atomic E-state index is 10.6. The number of aliphatic hydroxyl groups excluding tert-OH is 3. The molecule has 0 radical (unpaired) electrons. The zero-order chi connectivity index (χ0) is 25.1. The summed E-state index contributed by atoms with van der Waals surface area (Å²) >= 11 is 7.86. The number of thioether (sulfide) groups is 1. The van der Waals surface area contributed by atoms with Crippen molar-refractivity contribution in [2.75, 3.05) is 19.5 Å². The van der Waals surface area contributed by atoms with Crippen LogP contribution < -0.4 is 0 Å². The standard InChI is InChI=1S/C28H33ClO6S/c1-36-26-24(32)22(30)23(31)25(35-26)17-4-7-21(29)18(13-17)12-16-2-5-19(6-3-16)27-8-9-28(20(14-27)15-27)33-10-11-34-28/h2-7,13,20,22-26,30-32H,8-12,14-15H2,1H3/t20?,22-,23-,24+,25?,26-,27?/m1/s1. The molecule has 2 aliphatic heterocycles. The number of aliphatic hydroxyl groups is 3. The van der Waals surface area contributed by atoms with E-state index in [4.69, 9.17) is 25.8 Å². The molecule has 3 aliphatic carbocycles. The lowest BCUT2D eigenvalue weighted by Crippen LogP contribution is -2.58. The van der Waals surface area contributed by atoms with Crippen LogP contribution in [0.1, 0.15) is 54.0 Å². The van der Waals surface area contributed by atoms with E-state index in [2.05, 4.69) is 24.3 Å². The van der Waals surface area contributed by atoms with Gasteiger partial charge in [0.05, 0.1) is 13.2 Å². The van der Waals surface area contributed by atoms with Gasteiger partial charge in [0.25, 0.3) is 0 Å². The van der Waals surface area contributed by atoms with Crippen molar-refractivity contribution in [2.45, 2.75) is 73.2 Å². The highest BCUT2D eigenvalue weighted by atomic mass is 35.5. The van der Waals surface area contributed by atoms with Gasteiger partial charge in [-0.3, -0.25) is 0 Å². The quantitative estimate of drug-likeness (QED) is 0.537. The molecule has 5 aliphatic rings. The maximum Gasteiger partial charge on any atom is 0.171 e. The number of benzene rings is 2. The van der Waals surface area contributed by atoms with Crippen LogP contribution in [-0.4, -0.2) is 64.3 Å². The van der Waals surface area contributed by atoms with Crippen molar-refractivity contribution in [1.29, 1.82) is 0 Å². The molecule has 2 heterocycles. The summed E-state index contributed by atoms with van der Waals surface area (Å²) in [6.07, 6.45) is 2.38. The highest BCUT2D eigenvalue weighted by Gasteiger charge is 2.61. The molecular weight excluding hydrogens is 500 g/mol. The first-order valence-corrected chi connectivity index (χ1v) is 14.4. The van der Waals surface area contributed by atoms with Crippen molar-refractivity contribution in [3.8, 4) is 0 Å². The van der Waals surface area contributed by atoms with Crippen LogP contribution in [0, 0.1) is 5.92 Å². The van der Waals surface area contributed by atoms with E-state index in [1.807, 2.05) is 12.1 Å². The first-order chi connectivity index (χ1) is 17.3. The molecule has 194 valence electrons. The van der Waals surface area contributed by atoms with E-state index in [0.717, 1.165) is 42.4 Å². The number of fused-ring (bicyclic) bond motifs is 1. The summed E-state index contributed by atoms with van der Waals surface area (Å²) in [5.74, 6) is 0.181. The number of ether oxygens (including phenoxy) is 3. The van der Waals surface area contributed by atoms with E-state index in [0.29, 0.717) is 30.6 Å². The molecule has 0 amide bonds. The zero-order valence-electron chi connectivity index (χ0n) is 20.3. The van der Waals surface area contributed by atoms with Gasteiger partial charge < -0.3 is 29.5 Å². The van der Waals surface area contributed by atoms with Gasteiger partial charge in [-0.1, -0.05) is 48.0 Å². The first-order valence-electron chi connectivity index (χ1n) is 12.7. The fraction of sp³-hybridized carbons (Fsp3) is 0.571. The van der Waals surface area contributed by atoms with Crippen molar-refractivity contribution in [2.24, 2.45) is 5.92 Å². The fourth-order valence-corrected chi connectivity index (χ4v) is 7.52. The van der Waals surface area contributed by atoms with Gasteiger partial charge in [-0.2, -0.15) is 0 Å². The van der Waals surface area contributed by atoms with Crippen molar-refractivity contribution in [3.05, 3.63) is 69.7 Å². The molecule has 3 N–H and O–H groups in total. The van der Waals surface area contributed by atoms with Crippen molar-refractivity contribution in [1.82, 2.24) is 0 Å². The molecule has 2 bridgehead atoms. The summed E-state index contributed by atoms with van der Waals surface area (Å²) < 4.78 is 17.9. The molecule has 2 saturated heterocycles. The third kappa shape index (κ3) is 4.12. The summed E-state index contributed by atoms with van der Waals surface area (Å²) in [6.45, 7) is 1.43. The molecule has 6 nitrogen and oxygen atoms in total. The van der Waals surface area contributed by atoms with Gasteiger partial charge in [0, 0.05) is 17.4 Å². The maximum absolute atomic E-state index is 10.6. The monoisotopic (exact) mass is 532 g/mol.